The number of nitrogens with zero attached hydrogens (tertiary/aromatic N) is 3. The van der Waals surface area contributed by atoms with Crippen molar-refractivity contribution in [2.75, 3.05) is 0 Å². The number of aryl methyl sites for hydroxylation is 1. The third-order valence-corrected chi connectivity index (χ3v) is 3.79. The zero-order valence-corrected chi connectivity index (χ0v) is 13.5. The second kappa shape index (κ2) is 5.13. The first-order valence-corrected chi connectivity index (χ1v) is 7.46. The number of aromatic nitrogens is 3. The van der Waals surface area contributed by atoms with Gasteiger partial charge in [-0.3, -0.25) is 14.1 Å². The molecule has 0 aliphatic rings. The maximum atomic E-state index is 12.5. The molecule has 2 heterocycles. The van der Waals surface area contributed by atoms with Gasteiger partial charge >= 0.3 is 5.69 Å². The molecule has 0 saturated heterocycles. The maximum absolute atomic E-state index is 12.5. The molecule has 3 aromatic rings. The summed E-state index contributed by atoms with van der Waals surface area (Å²) in [6.07, 6.45) is 3.56. The second-order valence-corrected chi connectivity index (χ2v) is 6.93. The molecule has 0 radical (unpaired) electrons. The van der Waals surface area contributed by atoms with E-state index in [9.17, 15) is 4.79 Å². The van der Waals surface area contributed by atoms with E-state index in [1.165, 1.54) is 0 Å². The molecule has 0 unspecified atom stereocenters. The zero-order chi connectivity index (χ0) is 15.9. The Bertz CT molecular complexity index is 867. The van der Waals surface area contributed by atoms with Gasteiger partial charge in [-0.25, -0.2) is 4.79 Å². The van der Waals surface area contributed by atoms with Gasteiger partial charge in [0.15, 0.2) is 0 Å². The summed E-state index contributed by atoms with van der Waals surface area (Å²) in [6, 6.07) is 10.1. The Hall–Kier alpha value is -2.36. The Morgan fingerprint density at radius 1 is 1.00 bits per heavy atom. The molecule has 3 rings (SSSR count). The molecular formula is C18H21N3O. The SMILES string of the molecule is Cn1c(=O)n(CC(C)(C)C)c2ccc(-c3ccncc3)cc21. The second-order valence-electron chi connectivity index (χ2n) is 6.93. The van der Waals surface area contributed by atoms with Gasteiger partial charge in [0, 0.05) is 26.0 Å². The van der Waals surface area contributed by atoms with Crippen LogP contribution in [0.1, 0.15) is 20.8 Å². The predicted molar refractivity (Wildman–Crippen MR) is 89.9 cm³/mol. The van der Waals surface area contributed by atoms with Crippen molar-refractivity contribution in [2.45, 2.75) is 27.3 Å². The van der Waals surface area contributed by atoms with Crippen LogP contribution in [-0.2, 0) is 13.6 Å². The van der Waals surface area contributed by atoms with Crippen molar-refractivity contribution < 1.29 is 0 Å². The van der Waals surface area contributed by atoms with Gasteiger partial charge in [-0.2, -0.15) is 0 Å². The lowest BCUT2D eigenvalue weighted by molar-refractivity contribution is 0.342. The summed E-state index contributed by atoms with van der Waals surface area (Å²) in [5, 5.41) is 0. The van der Waals surface area contributed by atoms with Crippen molar-refractivity contribution in [3.8, 4) is 11.1 Å². The molecule has 2 aromatic heterocycles. The largest absolute Gasteiger partial charge is 0.328 e. The van der Waals surface area contributed by atoms with E-state index in [1.807, 2.05) is 29.8 Å². The van der Waals surface area contributed by atoms with E-state index >= 15 is 0 Å². The molecule has 4 heteroatoms. The van der Waals surface area contributed by atoms with Crippen LogP contribution in [0.25, 0.3) is 22.2 Å². The van der Waals surface area contributed by atoms with Crippen molar-refractivity contribution >= 4 is 11.0 Å². The van der Waals surface area contributed by atoms with Crippen LogP contribution >= 0.6 is 0 Å². The molecule has 4 nitrogen and oxygen atoms in total. The lowest BCUT2D eigenvalue weighted by Gasteiger charge is -2.18. The van der Waals surface area contributed by atoms with Crippen LogP contribution in [0.5, 0.6) is 0 Å². The highest BCUT2D eigenvalue weighted by Crippen LogP contribution is 2.25. The monoisotopic (exact) mass is 295 g/mol. The molecule has 0 fully saturated rings. The first-order valence-electron chi connectivity index (χ1n) is 7.46. The van der Waals surface area contributed by atoms with Crippen LogP contribution < -0.4 is 5.69 Å². The van der Waals surface area contributed by atoms with Crippen LogP contribution in [0.2, 0.25) is 0 Å². The van der Waals surface area contributed by atoms with Gasteiger partial charge in [-0.1, -0.05) is 26.8 Å². The van der Waals surface area contributed by atoms with E-state index < -0.39 is 0 Å². The quantitative estimate of drug-likeness (QED) is 0.726. The Morgan fingerprint density at radius 2 is 1.68 bits per heavy atom. The van der Waals surface area contributed by atoms with E-state index in [4.69, 9.17) is 0 Å². The molecule has 0 N–H and O–H groups in total. The van der Waals surface area contributed by atoms with Crippen LogP contribution in [0, 0.1) is 5.41 Å². The number of imidazole rings is 1. The smallest absolute Gasteiger partial charge is 0.295 e. The van der Waals surface area contributed by atoms with Gasteiger partial charge in [0.25, 0.3) is 0 Å². The summed E-state index contributed by atoms with van der Waals surface area (Å²) < 4.78 is 3.59. The fraction of sp³-hybridized carbons (Fsp3) is 0.333. The van der Waals surface area contributed by atoms with Gasteiger partial charge in [0.05, 0.1) is 11.0 Å². The average Bonchev–Trinajstić information content (AvgIpc) is 2.71. The average molecular weight is 295 g/mol. The predicted octanol–water partition coefficient (Wildman–Crippen LogP) is 3.45. The van der Waals surface area contributed by atoms with Gasteiger partial charge in [0.1, 0.15) is 0 Å². The topological polar surface area (TPSA) is 39.8 Å². The number of hydrogen-bond donors (Lipinski definition) is 0. The summed E-state index contributed by atoms with van der Waals surface area (Å²) in [5.41, 5.74) is 4.24. The van der Waals surface area contributed by atoms with Crippen molar-refractivity contribution in [2.24, 2.45) is 12.5 Å². The summed E-state index contributed by atoms with van der Waals surface area (Å²) in [5.74, 6) is 0. The van der Waals surface area contributed by atoms with Gasteiger partial charge in [0.2, 0.25) is 0 Å². The highest BCUT2D eigenvalue weighted by atomic mass is 16.1. The minimum Gasteiger partial charge on any atom is -0.295 e. The fourth-order valence-corrected chi connectivity index (χ4v) is 2.76. The number of fused-ring (bicyclic) bond motifs is 1. The van der Waals surface area contributed by atoms with E-state index in [1.54, 1.807) is 17.0 Å². The van der Waals surface area contributed by atoms with Crippen molar-refractivity contribution in [1.82, 2.24) is 14.1 Å². The van der Waals surface area contributed by atoms with Gasteiger partial charge in [-0.05, 0) is 40.8 Å². The summed E-state index contributed by atoms with van der Waals surface area (Å²) in [6.45, 7) is 7.13. The van der Waals surface area contributed by atoms with E-state index in [0.717, 1.165) is 22.2 Å². The zero-order valence-electron chi connectivity index (χ0n) is 13.5. The molecule has 0 amide bonds. The van der Waals surface area contributed by atoms with E-state index in [-0.39, 0.29) is 11.1 Å². The first kappa shape index (κ1) is 14.6. The number of pyridine rings is 1. The van der Waals surface area contributed by atoms with Gasteiger partial charge < -0.3 is 0 Å². The fourth-order valence-electron chi connectivity index (χ4n) is 2.76. The van der Waals surface area contributed by atoms with Crippen LogP contribution in [0.15, 0.2) is 47.5 Å². The molecule has 0 bridgehead atoms. The normalized spacial score (nSPS) is 12.0. The molecule has 1 aromatic carbocycles. The summed E-state index contributed by atoms with van der Waals surface area (Å²) in [4.78, 5) is 16.6. The Morgan fingerprint density at radius 3 is 2.32 bits per heavy atom. The highest BCUT2D eigenvalue weighted by molar-refractivity contribution is 5.82. The lowest BCUT2D eigenvalue weighted by Crippen LogP contribution is -2.27. The molecule has 0 atom stereocenters. The number of benzene rings is 1. The van der Waals surface area contributed by atoms with E-state index in [0.29, 0.717) is 6.54 Å². The molecule has 0 saturated carbocycles. The lowest BCUT2D eigenvalue weighted by atomic mass is 9.97. The third kappa shape index (κ3) is 2.56. The van der Waals surface area contributed by atoms with Crippen LogP contribution in [0.4, 0.5) is 0 Å². The standard InChI is InChI=1S/C18H21N3O/c1-18(2,3)12-21-15-6-5-14(13-7-9-19-10-8-13)11-16(15)20(4)17(21)22/h5-11H,12H2,1-4H3. The van der Waals surface area contributed by atoms with E-state index in [2.05, 4.69) is 37.9 Å². The maximum Gasteiger partial charge on any atom is 0.328 e. The van der Waals surface area contributed by atoms with Gasteiger partial charge in [-0.15, -0.1) is 0 Å². The van der Waals surface area contributed by atoms with Crippen molar-refractivity contribution in [1.29, 1.82) is 0 Å². The Balaban J connectivity index is 2.19. The molecular weight excluding hydrogens is 274 g/mol. The van der Waals surface area contributed by atoms with Crippen LogP contribution in [-0.4, -0.2) is 14.1 Å². The first-order chi connectivity index (χ1) is 10.4. The summed E-state index contributed by atoms with van der Waals surface area (Å²) in [7, 11) is 1.83. The third-order valence-electron chi connectivity index (χ3n) is 3.79. The minimum atomic E-state index is 0.0387. The minimum absolute atomic E-state index is 0.0387. The van der Waals surface area contributed by atoms with Crippen molar-refractivity contribution in [3.05, 3.63) is 53.2 Å². The Labute approximate surface area is 130 Å². The molecule has 0 aliphatic carbocycles. The summed E-state index contributed by atoms with van der Waals surface area (Å²) >= 11 is 0. The van der Waals surface area contributed by atoms with Crippen LogP contribution in [0.3, 0.4) is 0 Å². The highest BCUT2D eigenvalue weighted by Gasteiger charge is 2.17. The molecule has 22 heavy (non-hydrogen) atoms. The number of rotatable bonds is 2. The van der Waals surface area contributed by atoms with Crippen molar-refractivity contribution in [3.63, 3.8) is 0 Å². The molecule has 0 aliphatic heterocycles. The Kier molecular flexibility index (Phi) is 3.39. The molecule has 0 spiro atoms. The number of hydrogen-bond acceptors (Lipinski definition) is 2. The molecule has 114 valence electrons.